The molecule has 2 aromatic carbocycles. The van der Waals surface area contributed by atoms with Crippen LogP contribution in [0.2, 0.25) is 0 Å². The molecule has 2 aromatic rings. The van der Waals surface area contributed by atoms with E-state index in [-0.39, 0.29) is 30.9 Å². The van der Waals surface area contributed by atoms with Crippen LogP contribution in [0, 0.1) is 13.8 Å². The van der Waals surface area contributed by atoms with E-state index in [0.29, 0.717) is 13.0 Å². The second kappa shape index (κ2) is 16.7. The van der Waals surface area contributed by atoms with Crippen LogP contribution < -0.4 is 5.32 Å². The second-order valence-electron chi connectivity index (χ2n) is 9.89. The second-order valence-corrected chi connectivity index (χ2v) is 9.89. The Balaban J connectivity index is 1.60. The van der Waals surface area contributed by atoms with Gasteiger partial charge >= 0.3 is 5.97 Å². The molecule has 0 bridgehead atoms. The van der Waals surface area contributed by atoms with E-state index >= 15 is 0 Å². The largest absolute Gasteiger partial charge is 0.461 e. The van der Waals surface area contributed by atoms with Crippen molar-refractivity contribution in [3.8, 4) is 0 Å². The maximum absolute atomic E-state index is 12.5. The molecule has 1 atom stereocenters. The number of nitrogens with zero attached hydrogens (tertiary/aromatic N) is 1. The van der Waals surface area contributed by atoms with Crippen molar-refractivity contribution in [2.75, 3.05) is 20.6 Å². The summed E-state index contributed by atoms with van der Waals surface area (Å²) in [7, 11) is 3.87. The number of nitrogens with one attached hydrogen (secondary N) is 1. The van der Waals surface area contributed by atoms with Crippen LogP contribution in [0.3, 0.4) is 0 Å². The average molecular weight is 493 g/mol. The molecular weight excluding hydrogens is 448 g/mol. The summed E-state index contributed by atoms with van der Waals surface area (Å²) in [5, 5.41) is 3.03. The van der Waals surface area contributed by atoms with Gasteiger partial charge in [-0.2, -0.15) is 0 Å². The minimum atomic E-state index is -0.294. The highest BCUT2D eigenvalue weighted by atomic mass is 16.5. The Hall–Kier alpha value is -2.92. The van der Waals surface area contributed by atoms with Gasteiger partial charge in [0.05, 0.1) is 12.5 Å². The van der Waals surface area contributed by atoms with Gasteiger partial charge in [-0.15, -0.1) is 0 Å². The van der Waals surface area contributed by atoms with Gasteiger partial charge in [0, 0.05) is 13.0 Å². The molecule has 0 spiro atoms. The number of benzene rings is 2. The highest BCUT2D eigenvalue weighted by molar-refractivity contribution is 5.77. The fourth-order valence-electron chi connectivity index (χ4n) is 4.27. The van der Waals surface area contributed by atoms with E-state index in [1.165, 1.54) is 29.5 Å². The van der Waals surface area contributed by atoms with Crippen molar-refractivity contribution in [1.29, 1.82) is 0 Å². The summed E-state index contributed by atoms with van der Waals surface area (Å²) in [6, 6.07) is 15.8. The van der Waals surface area contributed by atoms with Gasteiger partial charge in [-0.25, -0.2) is 0 Å². The van der Waals surface area contributed by atoms with Crippen LogP contribution in [0.1, 0.15) is 73.6 Å². The lowest BCUT2D eigenvalue weighted by atomic mass is 10.0. The molecule has 0 heterocycles. The van der Waals surface area contributed by atoms with Gasteiger partial charge in [-0.1, -0.05) is 79.9 Å². The van der Waals surface area contributed by atoms with Crippen LogP contribution in [0.15, 0.2) is 54.6 Å². The number of allylic oxidation sites excluding steroid dienone is 1. The summed E-state index contributed by atoms with van der Waals surface area (Å²) in [6.07, 6.45) is 11.7. The van der Waals surface area contributed by atoms with Crippen LogP contribution in [0.5, 0.6) is 0 Å². The van der Waals surface area contributed by atoms with Gasteiger partial charge in [0.1, 0.15) is 6.61 Å². The third kappa shape index (κ3) is 12.2. The monoisotopic (exact) mass is 492 g/mol. The predicted octanol–water partition coefficient (Wildman–Crippen LogP) is 6.23. The van der Waals surface area contributed by atoms with Crippen molar-refractivity contribution in [2.45, 2.75) is 77.9 Å². The van der Waals surface area contributed by atoms with Crippen molar-refractivity contribution in [3.63, 3.8) is 0 Å². The summed E-state index contributed by atoms with van der Waals surface area (Å²) in [4.78, 5) is 26.8. The quantitative estimate of drug-likeness (QED) is 0.223. The van der Waals surface area contributed by atoms with Gasteiger partial charge in [0.15, 0.2) is 0 Å². The molecule has 5 heteroatoms. The van der Waals surface area contributed by atoms with Gasteiger partial charge in [0.25, 0.3) is 0 Å². The van der Waals surface area contributed by atoms with Crippen LogP contribution in [0.4, 0.5) is 0 Å². The number of carbonyl (C=O) groups is 2. The first-order valence-corrected chi connectivity index (χ1v) is 13.2. The van der Waals surface area contributed by atoms with E-state index in [0.717, 1.165) is 31.2 Å². The van der Waals surface area contributed by atoms with Crippen LogP contribution >= 0.6 is 0 Å². The van der Waals surface area contributed by atoms with E-state index in [2.05, 4.69) is 49.5 Å². The number of esters is 1. The lowest BCUT2D eigenvalue weighted by Crippen LogP contribution is -2.43. The molecule has 0 aliphatic heterocycles. The summed E-state index contributed by atoms with van der Waals surface area (Å²) < 4.78 is 5.40. The third-order valence-electron chi connectivity index (χ3n) is 6.21. The summed E-state index contributed by atoms with van der Waals surface area (Å²) in [6.45, 7) is 5.16. The van der Waals surface area contributed by atoms with Crippen molar-refractivity contribution in [1.82, 2.24) is 10.2 Å². The smallest absolute Gasteiger partial charge is 0.308 e. The molecule has 1 amide bonds. The van der Waals surface area contributed by atoms with Gasteiger partial charge in [-0.05, 0) is 69.5 Å². The van der Waals surface area contributed by atoms with Gasteiger partial charge < -0.3 is 15.0 Å². The minimum Gasteiger partial charge on any atom is -0.461 e. The number of rotatable bonds is 16. The molecule has 0 aromatic heterocycles. The van der Waals surface area contributed by atoms with E-state index in [1.54, 1.807) is 0 Å². The Morgan fingerprint density at radius 1 is 0.917 bits per heavy atom. The van der Waals surface area contributed by atoms with Crippen molar-refractivity contribution in [2.24, 2.45) is 0 Å². The zero-order valence-corrected chi connectivity index (χ0v) is 22.6. The van der Waals surface area contributed by atoms with Crippen molar-refractivity contribution >= 4 is 18.0 Å². The van der Waals surface area contributed by atoms with E-state index in [9.17, 15) is 9.59 Å². The molecule has 0 unspecified atom stereocenters. The average Bonchev–Trinajstić information content (AvgIpc) is 2.83. The number of amides is 1. The molecule has 2 rings (SSSR count). The Kier molecular flexibility index (Phi) is 13.6. The predicted molar refractivity (Wildman–Crippen MR) is 149 cm³/mol. The molecule has 0 saturated carbocycles. The maximum Gasteiger partial charge on any atom is 0.308 e. The molecule has 0 saturated heterocycles. The number of aryl methyl sites for hydroxylation is 2. The highest BCUT2D eigenvalue weighted by Gasteiger charge is 2.18. The minimum absolute atomic E-state index is 0.00856. The zero-order valence-electron chi connectivity index (χ0n) is 22.6. The number of hydrogen-bond donors (Lipinski definition) is 1. The first-order chi connectivity index (χ1) is 17.3. The number of hydrogen-bond acceptors (Lipinski definition) is 4. The SMILES string of the molecule is Cc1cccc(C)c1/C=C/CCCCCCCC(=O)N[C@H](CC(=O)OCc1ccccc1)CN(C)C. The summed E-state index contributed by atoms with van der Waals surface area (Å²) >= 11 is 0. The lowest BCUT2D eigenvalue weighted by Gasteiger charge is -2.22. The highest BCUT2D eigenvalue weighted by Crippen LogP contribution is 2.16. The number of unbranched alkanes of at least 4 members (excludes halogenated alkanes) is 5. The molecule has 36 heavy (non-hydrogen) atoms. The number of likely N-dealkylation sites (N-methyl/N-ethyl adjacent to an activating group) is 1. The molecule has 0 aliphatic carbocycles. The molecular formula is C31H44N2O3. The third-order valence-corrected chi connectivity index (χ3v) is 6.21. The van der Waals surface area contributed by atoms with Crippen molar-refractivity contribution < 1.29 is 14.3 Å². The lowest BCUT2D eigenvalue weighted by molar-refractivity contribution is -0.145. The Bertz CT molecular complexity index is 933. The van der Waals surface area contributed by atoms with E-state index in [4.69, 9.17) is 4.74 Å². The van der Waals surface area contributed by atoms with Crippen molar-refractivity contribution in [3.05, 3.63) is 76.9 Å². The Morgan fingerprint density at radius 2 is 1.58 bits per heavy atom. The summed E-state index contributed by atoms with van der Waals surface area (Å²) in [5.74, 6) is -0.285. The first kappa shape index (κ1) is 29.3. The molecule has 1 N–H and O–H groups in total. The number of ether oxygens (including phenoxy) is 1. The molecule has 0 fully saturated rings. The van der Waals surface area contributed by atoms with Crippen LogP contribution in [-0.2, 0) is 20.9 Å². The fraction of sp³-hybridized carbons (Fsp3) is 0.484. The normalized spacial score (nSPS) is 12.1. The standard InChI is InChI=1S/C31H44N2O3/c1-25-16-15-17-26(2)29(25)20-13-8-6-5-7-9-14-21-30(34)32-28(23-33(3)4)22-31(35)36-24-27-18-11-10-12-19-27/h10-13,15-20,28H,5-9,14,21-24H2,1-4H3,(H,32,34)/b20-13+/t28-/m1/s1. The summed E-state index contributed by atoms with van der Waals surface area (Å²) in [5.41, 5.74) is 4.93. The van der Waals surface area contributed by atoms with Gasteiger partial charge in [0.2, 0.25) is 5.91 Å². The topological polar surface area (TPSA) is 58.6 Å². The Morgan fingerprint density at radius 3 is 2.28 bits per heavy atom. The molecule has 0 radical (unpaired) electrons. The maximum atomic E-state index is 12.5. The fourth-order valence-corrected chi connectivity index (χ4v) is 4.27. The molecule has 5 nitrogen and oxygen atoms in total. The van der Waals surface area contributed by atoms with Gasteiger partial charge in [-0.3, -0.25) is 9.59 Å². The molecule has 196 valence electrons. The Labute approximate surface area is 217 Å². The van der Waals surface area contributed by atoms with E-state index < -0.39 is 0 Å². The van der Waals surface area contributed by atoms with Crippen LogP contribution in [0.25, 0.3) is 6.08 Å². The van der Waals surface area contributed by atoms with E-state index in [1.807, 2.05) is 49.3 Å². The first-order valence-electron chi connectivity index (χ1n) is 13.2. The van der Waals surface area contributed by atoms with Crippen LogP contribution in [-0.4, -0.2) is 43.5 Å². The zero-order chi connectivity index (χ0) is 26.2. The number of carbonyl (C=O) groups excluding carboxylic acids is 2. The molecule has 0 aliphatic rings.